The first-order valence-electron chi connectivity index (χ1n) is 13.2. The van der Waals surface area contributed by atoms with Crippen LogP contribution in [0, 0.1) is 5.92 Å². The van der Waals surface area contributed by atoms with Gasteiger partial charge in [0, 0.05) is 33.0 Å². The molecule has 3 rings (SSSR count). The van der Waals surface area contributed by atoms with Crippen molar-refractivity contribution in [2.45, 2.75) is 68.6 Å². The van der Waals surface area contributed by atoms with Gasteiger partial charge >= 0.3 is 0 Å². The summed E-state index contributed by atoms with van der Waals surface area (Å²) < 4.78 is 12.4. The van der Waals surface area contributed by atoms with Crippen molar-refractivity contribution in [1.82, 2.24) is 15.5 Å². The number of aliphatic imine (C=N–C) groups is 1. The van der Waals surface area contributed by atoms with Crippen molar-refractivity contribution < 1.29 is 18.8 Å². The SMILES string of the molecule is CCC[N+]1(C)CC(Cl)C=NC1C(C(=O)NC1CNCCC1O[C@H]1CCCN(CCOC)C1)C(N)N. The Morgan fingerprint density at radius 3 is 2.91 bits per heavy atom. The lowest BCUT2D eigenvalue weighted by Gasteiger charge is -2.46. The molecule has 11 heteroatoms. The van der Waals surface area contributed by atoms with Gasteiger partial charge in [0.15, 0.2) is 6.17 Å². The number of amides is 1. The molecule has 2 saturated heterocycles. The molecular weight excluding hydrogens is 470 g/mol. The fourth-order valence-corrected chi connectivity index (χ4v) is 6.22. The average molecular weight is 517 g/mol. The van der Waals surface area contributed by atoms with E-state index in [2.05, 4.69) is 29.5 Å². The average Bonchev–Trinajstić information content (AvgIpc) is 2.81. The lowest BCUT2D eigenvalue weighted by molar-refractivity contribution is -0.936. The van der Waals surface area contributed by atoms with Gasteiger partial charge in [-0.1, -0.05) is 6.92 Å². The van der Waals surface area contributed by atoms with Gasteiger partial charge in [-0.25, -0.2) is 4.99 Å². The van der Waals surface area contributed by atoms with Crippen LogP contribution in [0.2, 0.25) is 0 Å². The molecule has 7 atom stereocenters. The van der Waals surface area contributed by atoms with Gasteiger partial charge in [0.1, 0.15) is 17.8 Å². The second-order valence-electron chi connectivity index (χ2n) is 10.6. The summed E-state index contributed by atoms with van der Waals surface area (Å²) in [6.45, 7) is 8.80. The standard InChI is InChI=1S/C24H46ClN7O3/c1-4-11-32(2)16-17(25)13-29-23(32)21(22(26)27)24(33)30-19-14-28-8-7-20(19)35-18-6-5-9-31(15-18)10-12-34-3/h13,17-23,28H,4-12,14-16,26-27H2,1-3H3/p+1/t17?,18-,19?,20?,21?,23?,32?/m0/s1. The van der Waals surface area contributed by atoms with Gasteiger partial charge in [-0.2, -0.15) is 0 Å². The largest absolute Gasteiger partial charge is 0.383 e. The van der Waals surface area contributed by atoms with Gasteiger partial charge in [0.25, 0.3) is 0 Å². The van der Waals surface area contributed by atoms with Gasteiger partial charge in [0.2, 0.25) is 5.91 Å². The molecule has 0 saturated carbocycles. The van der Waals surface area contributed by atoms with Crippen LogP contribution >= 0.6 is 11.6 Å². The number of rotatable bonds is 11. The molecule has 202 valence electrons. The van der Waals surface area contributed by atoms with Crippen molar-refractivity contribution in [1.29, 1.82) is 0 Å². The number of carbonyl (C=O) groups excluding carboxylic acids is 1. The number of hydrogen-bond donors (Lipinski definition) is 4. The number of hydrogen-bond acceptors (Lipinski definition) is 8. The molecule has 6 N–H and O–H groups in total. The first-order chi connectivity index (χ1) is 16.8. The zero-order chi connectivity index (χ0) is 25.4. The van der Waals surface area contributed by atoms with Crippen LogP contribution in [0.5, 0.6) is 0 Å². The Hall–Kier alpha value is -0.850. The van der Waals surface area contributed by atoms with E-state index in [1.807, 2.05) is 0 Å². The smallest absolute Gasteiger partial charge is 0.234 e. The molecular formula is C24H47ClN7O3+. The number of nitrogens with one attached hydrogen (secondary N) is 2. The molecule has 3 heterocycles. The summed E-state index contributed by atoms with van der Waals surface area (Å²) in [6.07, 6.45) is 4.57. The molecule has 0 aromatic rings. The van der Waals surface area contributed by atoms with E-state index < -0.39 is 12.1 Å². The van der Waals surface area contributed by atoms with E-state index in [4.69, 9.17) is 37.5 Å². The number of likely N-dealkylation sites (tertiary alicyclic amines) is 1. The highest BCUT2D eigenvalue weighted by molar-refractivity contribution is 6.28. The Kier molecular flexibility index (Phi) is 11.2. The van der Waals surface area contributed by atoms with Gasteiger partial charge in [0.05, 0.1) is 44.6 Å². The van der Waals surface area contributed by atoms with Gasteiger partial charge < -0.3 is 36.1 Å². The Bertz CT molecular complexity index is 700. The third-order valence-corrected chi connectivity index (χ3v) is 7.84. The van der Waals surface area contributed by atoms with Crippen LogP contribution in [0.3, 0.4) is 0 Å². The number of nitrogens with zero attached hydrogens (tertiary/aromatic N) is 3. The van der Waals surface area contributed by atoms with Gasteiger partial charge in [-0.3, -0.25) is 9.69 Å². The highest BCUT2D eigenvalue weighted by atomic mass is 35.5. The van der Waals surface area contributed by atoms with E-state index >= 15 is 0 Å². The molecule has 3 aliphatic rings. The monoisotopic (exact) mass is 516 g/mol. The molecule has 6 unspecified atom stereocenters. The van der Waals surface area contributed by atoms with Crippen LogP contribution < -0.4 is 22.1 Å². The number of halogens is 1. The Morgan fingerprint density at radius 2 is 2.20 bits per heavy atom. The van der Waals surface area contributed by atoms with Crippen LogP contribution in [0.15, 0.2) is 4.99 Å². The van der Waals surface area contributed by atoms with Gasteiger partial charge in [-0.15, -0.1) is 11.6 Å². The maximum Gasteiger partial charge on any atom is 0.234 e. The molecule has 3 aliphatic heterocycles. The molecule has 10 nitrogen and oxygen atoms in total. The lowest BCUT2D eigenvalue weighted by atomic mass is 9.95. The first kappa shape index (κ1) is 28.7. The maximum atomic E-state index is 13.6. The summed E-state index contributed by atoms with van der Waals surface area (Å²) in [6, 6.07) is -0.148. The molecule has 0 bridgehead atoms. The van der Waals surface area contributed by atoms with Crippen molar-refractivity contribution in [3.63, 3.8) is 0 Å². The highest BCUT2D eigenvalue weighted by Crippen LogP contribution is 2.27. The Balaban J connectivity index is 1.67. The predicted octanol–water partition coefficient (Wildman–Crippen LogP) is -0.305. The normalized spacial score (nSPS) is 35.2. The summed E-state index contributed by atoms with van der Waals surface area (Å²) in [5.41, 5.74) is 12.4. The number of carbonyl (C=O) groups is 1. The molecule has 0 aromatic heterocycles. The summed E-state index contributed by atoms with van der Waals surface area (Å²) >= 11 is 6.41. The number of ether oxygens (including phenoxy) is 2. The molecule has 0 aliphatic carbocycles. The van der Waals surface area contributed by atoms with Crippen LogP contribution in [0.4, 0.5) is 0 Å². The second kappa shape index (κ2) is 13.6. The molecule has 0 aromatic carbocycles. The molecule has 0 radical (unpaired) electrons. The van der Waals surface area contributed by atoms with E-state index in [0.29, 0.717) is 17.6 Å². The molecule has 0 spiro atoms. The van der Waals surface area contributed by atoms with E-state index in [1.165, 1.54) is 0 Å². The second-order valence-corrected chi connectivity index (χ2v) is 11.1. The minimum Gasteiger partial charge on any atom is -0.383 e. The van der Waals surface area contributed by atoms with E-state index in [9.17, 15) is 4.79 Å². The Labute approximate surface area is 215 Å². The van der Waals surface area contributed by atoms with Crippen molar-refractivity contribution >= 4 is 23.7 Å². The Morgan fingerprint density at radius 1 is 1.40 bits per heavy atom. The van der Waals surface area contributed by atoms with Crippen LogP contribution in [0.25, 0.3) is 0 Å². The number of alkyl halides is 1. The number of methoxy groups -OCH3 is 1. The molecule has 2 fully saturated rings. The summed E-state index contributed by atoms with van der Waals surface area (Å²) in [5.74, 6) is -0.822. The van der Waals surface area contributed by atoms with Crippen LogP contribution in [0.1, 0.15) is 32.6 Å². The van der Waals surface area contributed by atoms with E-state index in [1.54, 1.807) is 13.3 Å². The topological polar surface area (TPSA) is 127 Å². The highest BCUT2D eigenvalue weighted by Gasteiger charge is 2.47. The number of nitrogens with two attached hydrogens (primary N) is 2. The lowest BCUT2D eigenvalue weighted by Crippen LogP contribution is -2.67. The van der Waals surface area contributed by atoms with Crippen LogP contribution in [-0.2, 0) is 14.3 Å². The third kappa shape index (κ3) is 7.82. The number of piperidine rings is 2. The van der Waals surface area contributed by atoms with E-state index in [-0.39, 0.29) is 35.7 Å². The third-order valence-electron chi connectivity index (χ3n) is 7.59. The summed E-state index contributed by atoms with van der Waals surface area (Å²) in [7, 11) is 3.83. The zero-order valence-electron chi connectivity index (χ0n) is 21.7. The van der Waals surface area contributed by atoms with Crippen molar-refractivity contribution in [3.05, 3.63) is 0 Å². The fraction of sp³-hybridized carbons (Fsp3) is 0.917. The zero-order valence-corrected chi connectivity index (χ0v) is 22.5. The fourth-order valence-electron chi connectivity index (χ4n) is 5.84. The maximum absolute atomic E-state index is 13.6. The van der Waals surface area contributed by atoms with Crippen molar-refractivity contribution in [2.24, 2.45) is 22.4 Å². The minimum absolute atomic E-state index is 0.0548. The van der Waals surface area contributed by atoms with Crippen LogP contribution in [-0.4, -0.2) is 124 Å². The minimum atomic E-state index is -0.832. The quantitative estimate of drug-likeness (QED) is 0.168. The summed E-state index contributed by atoms with van der Waals surface area (Å²) in [5, 5.41) is 6.47. The molecule has 1 amide bonds. The van der Waals surface area contributed by atoms with Crippen molar-refractivity contribution in [3.8, 4) is 0 Å². The molecule has 35 heavy (non-hydrogen) atoms. The van der Waals surface area contributed by atoms with Gasteiger partial charge in [-0.05, 0) is 38.8 Å². The summed E-state index contributed by atoms with van der Waals surface area (Å²) in [4.78, 5) is 20.7. The number of quaternary nitrogens is 1. The van der Waals surface area contributed by atoms with Crippen molar-refractivity contribution in [2.75, 3.05) is 66.6 Å². The van der Waals surface area contributed by atoms with E-state index in [0.717, 1.165) is 65.0 Å². The predicted molar refractivity (Wildman–Crippen MR) is 139 cm³/mol. The first-order valence-corrected chi connectivity index (χ1v) is 13.6.